The Morgan fingerprint density at radius 3 is 2.46 bits per heavy atom. The third kappa shape index (κ3) is 5.87. The van der Waals surface area contributed by atoms with E-state index in [4.69, 9.17) is 9.84 Å². The van der Waals surface area contributed by atoms with Crippen LogP contribution in [0.5, 0.6) is 0 Å². The van der Waals surface area contributed by atoms with Gasteiger partial charge in [-0.2, -0.15) is 0 Å². The average molecular weight is 576 g/mol. The number of ether oxygens (including phenoxy) is 1. The number of halogens is 1. The molecule has 200 valence electrons. The molecule has 0 aliphatic carbocycles. The van der Waals surface area contributed by atoms with Crippen LogP contribution in [0, 0.1) is 17.3 Å². The number of thioether (sulfide) groups is 1. The number of hydrogen-bond acceptors (Lipinski definition) is 6. The molecule has 3 heterocycles. The molecule has 9 heteroatoms. The van der Waals surface area contributed by atoms with Crippen LogP contribution in [0.1, 0.15) is 80.1 Å². The molecule has 0 saturated carbocycles. The monoisotopic (exact) mass is 574 g/mol. The SMILES string of the molecule is CCOC(=O)[C@H]1[C@@H]2SC3(CC2Br)C(C(=O)NC(C)(C)CC(C)(C)C)N(CCCCCCO)C(=O)[C@H]13. The Bertz CT molecular complexity index is 816. The lowest BCUT2D eigenvalue weighted by atomic mass is 9.71. The molecule has 7 nitrogen and oxygen atoms in total. The molecule has 0 aromatic heterocycles. The summed E-state index contributed by atoms with van der Waals surface area (Å²) in [4.78, 5) is 42.7. The van der Waals surface area contributed by atoms with Crippen LogP contribution in [-0.4, -0.2) is 74.0 Å². The van der Waals surface area contributed by atoms with Gasteiger partial charge >= 0.3 is 5.97 Å². The van der Waals surface area contributed by atoms with Crippen LogP contribution in [0.25, 0.3) is 0 Å². The fraction of sp³-hybridized carbons (Fsp3) is 0.885. The largest absolute Gasteiger partial charge is 0.466 e. The van der Waals surface area contributed by atoms with E-state index in [1.165, 1.54) is 0 Å². The number of carbonyl (C=O) groups is 3. The number of aliphatic hydroxyl groups is 1. The first-order valence-electron chi connectivity index (χ1n) is 13.0. The summed E-state index contributed by atoms with van der Waals surface area (Å²) in [6.45, 7) is 13.2. The number of likely N-dealkylation sites (tertiary alicyclic amines) is 1. The first-order chi connectivity index (χ1) is 16.3. The molecule has 3 aliphatic rings. The van der Waals surface area contributed by atoms with Crippen molar-refractivity contribution < 1.29 is 24.2 Å². The summed E-state index contributed by atoms with van der Waals surface area (Å²) in [6.07, 6.45) is 4.73. The van der Waals surface area contributed by atoms with Crippen LogP contribution >= 0.6 is 27.7 Å². The zero-order chi connectivity index (χ0) is 26.2. The Morgan fingerprint density at radius 1 is 1.20 bits per heavy atom. The maximum absolute atomic E-state index is 14.0. The van der Waals surface area contributed by atoms with Gasteiger partial charge in [-0.25, -0.2) is 0 Å². The van der Waals surface area contributed by atoms with Gasteiger partial charge in [-0.05, 0) is 51.9 Å². The lowest BCUT2D eigenvalue weighted by Gasteiger charge is -2.39. The van der Waals surface area contributed by atoms with Gasteiger partial charge in [0.1, 0.15) is 6.04 Å². The topological polar surface area (TPSA) is 95.9 Å². The van der Waals surface area contributed by atoms with Crippen LogP contribution in [0.15, 0.2) is 0 Å². The zero-order valence-corrected chi connectivity index (χ0v) is 24.5. The first-order valence-corrected chi connectivity index (χ1v) is 14.8. The fourth-order valence-electron chi connectivity index (χ4n) is 6.70. The van der Waals surface area contributed by atoms with Crippen molar-refractivity contribution in [3.05, 3.63) is 0 Å². The van der Waals surface area contributed by atoms with E-state index in [9.17, 15) is 14.4 Å². The van der Waals surface area contributed by atoms with E-state index in [0.29, 0.717) is 13.0 Å². The Labute approximate surface area is 223 Å². The molecule has 6 atom stereocenters. The molecular formula is C26H43BrN2O5S. The number of nitrogens with one attached hydrogen (secondary N) is 1. The second kappa shape index (κ2) is 10.9. The van der Waals surface area contributed by atoms with Crippen LogP contribution in [-0.2, 0) is 19.1 Å². The number of unbranched alkanes of at least 4 members (excludes halogenated alkanes) is 3. The Kier molecular flexibility index (Phi) is 8.96. The number of hydrogen-bond donors (Lipinski definition) is 2. The molecule has 0 aromatic rings. The highest BCUT2D eigenvalue weighted by Gasteiger charge is 2.76. The minimum atomic E-state index is -0.639. The minimum absolute atomic E-state index is 0.0337. The number of rotatable bonds is 11. The van der Waals surface area contributed by atoms with Crippen molar-refractivity contribution in [1.82, 2.24) is 10.2 Å². The van der Waals surface area contributed by atoms with Gasteiger partial charge in [-0.3, -0.25) is 14.4 Å². The number of amides is 2. The van der Waals surface area contributed by atoms with Gasteiger partial charge in [-0.15, -0.1) is 11.8 Å². The molecule has 1 spiro atoms. The Morgan fingerprint density at radius 2 is 1.86 bits per heavy atom. The maximum Gasteiger partial charge on any atom is 0.310 e. The number of alkyl halides is 1. The molecule has 2 amide bonds. The van der Waals surface area contributed by atoms with E-state index in [1.54, 1.807) is 23.6 Å². The molecule has 2 bridgehead atoms. The van der Waals surface area contributed by atoms with Crippen molar-refractivity contribution >= 4 is 45.5 Å². The molecule has 3 unspecified atom stereocenters. The predicted octanol–water partition coefficient (Wildman–Crippen LogP) is 3.90. The van der Waals surface area contributed by atoms with Crippen LogP contribution in [0.3, 0.4) is 0 Å². The first kappa shape index (κ1) is 28.8. The molecule has 35 heavy (non-hydrogen) atoms. The smallest absolute Gasteiger partial charge is 0.310 e. The maximum atomic E-state index is 14.0. The highest BCUT2D eigenvalue weighted by atomic mass is 79.9. The van der Waals surface area contributed by atoms with Gasteiger partial charge < -0.3 is 20.1 Å². The quantitative estimate of drug-likeness (QED) is 0.221. The third-order valence-corrected chi connectivity index (χ3v) is 10.6. The van der Waals surface area contributed by atoms with Gasteiger partial charge in [-0.1, -0.05) is 49.5 Å². The van der Waals surface area contributed by atoms with Gasteiger partial charge in [0, 0.05) is 28.8 Å². The molecule has 2 N–H and O–H groups in total. The predicted molar refractivity (Wildman–Crippen MR) is 142 cm³/mol. The van der Waals surface area contributed by atoms with E-state index >= 15 is 0 Å². The van der Waals surface area contributed by atoms with Crippen molar-refractivity contribution in [3.63, 3.8) is 0 Å². The highest BCUT2D eigenvalue weighted by molar-refractivity contribution is 9.09. The van der Waals surface area contributed by atoms with Crippen molar-refractivity contribution in [1.29, 1.82) is 0 Å². The standard InChI is InChI=1S/C26H43BrN2O5S/c1-7-34-23(33)17-18-22(32)29(12-10-8-9-11-13-30)20(26(18)14-16(27)19(17)35-26)21(31)28-25(5,6)15-24(2,3)4/h16-20,30H,7-15H2,1-6H3,(H,28,31)/t16?,17-,18+,19-,20?,26?/m1/s1. The molecule has 3 fully saturated rings. The summed E-state index contributed by atoms with van der Waals surface area (Å²) in [5.74, 6) is -1.62. The second-order valence-corrected chi connectivity index (χ2v) is 14.9. The van der Waals surface area contributed by atoms with Crippen molar-refractivity contribution in [3.8, 4) is 0 Å². The van der Waals surface area contributed by atoms with E-state index in [2.05, 4.69) is 42.0 Å². The summed E-state index contributed by atoms with van der Waals surface area (Å²) in [5.41, 5.74) is -0.401. The van der Waals surface area contributed by atoms with Gasteiger partial charge in [0.25, 0.3) is 0 Å². The number of fused-ring (bicyclic) bond motifs is 1. The Hall–Kier alpha value is -0.800. The lowest BCUT2D eigenvalue weighted by Crippen LogP contribution is -2.58. The van der Waals surface area contributed by atoms with E-state index in [0.717, 1.165) is 32.1 Å². The fourth-order valence-corrected chi connectivity index (χ4v) is 10.3. The second-order valence-electron chi connectivity index (χ2n) is 12.2. The third-order valence-electron chi connectivity index (χ3n) is 7.34. The van der Waals surface area contributed by atoms with Gasteiger partial charge in [0.05, 0.1) is 23.2 Å². The number of carbonyl (C=O) groups excluding carboxylic acids is 3. The zero-order valence-electron chi connectivity index (χ0n) is 22.1. The summed E-state index contributed by atoms with van der Waals surface area (Å²) >= 11 is 5.42. The normalized spacial score (nSPS) is 32.2. The van der Waals surface area contributed by atoms with Crippen LogP contribution in [0.4, 0.5) is 0 Å². The van der Waals surface area contributed by atoms with Crippen LogP contribution in [0.2, 0.25) is 0 Å². The van der Waals surface area contributed by atoms with Gasteiger partial charge in [0.15, 0.2) is 0 Å². The number of aliphatic hydroxyl groups excluding tert-OH is 1. The molecule has 3 saturated heterocycles. The lowest BCUT2D eigenvalue weighted by molar-refractivity contribution is -0.153. The summed E-state index contributed by atoms with van der Waals surface area (Å²) in [7, 11) is 0. The van der Waals surface area contributed by atoms with Crippen molar-refractivity contribution in [2.75, 3.05) is 19.8 Å². The van der Waals surface area contributed by atoms with E-state index < -0.39 is 28.2 Å². The Balaban J connectivity index is 1.92. The molecule has 3 rings (SSSR count). The molecule has 0 radical (unpaired) electrons. The summed E-state index contributed by atoms with van der Waals surface area (Å²) in [6, 6.07) is -0.619. The molecular weight excluding hydrogens is 532 g/mol. The van der Waals surface area contributed by atoms with E-state index in [-0.39, 0.29) is 46.5 Å². The average Bonchev–Trinajstić information content (AvgIpc) is 3.29. The van der Waals surface area contributed by atoms with E-state index in [1.807, 2.05) is 13.8 Å². The molecule has 0 aromatic carbocycles. The van der Waals surface area contributed by atoms with Crippen molar-refractivity contribution in [2.24, 2.45) is 17.3 Å². The highest BCUT2D eigenvalue weighted by Crippen LogP contribution is 2.67. The van der Waals surface area contributed by atoms with Crippen LogP contribution < -0.4 is 5.32 Å². The number of esters is 1. The molecule has 3 aliphatic heterocycles. The summed E-state index contributed by atoms with van der Waals surface area (Å²) in [5, 5.41) is 12.3. The summed E-state index contributed by atoms with van der Waals surface area (Å²) < 4.78 is 4.77. The van der Waals surface area contributed by atoms with Gasteiger partial charge in [0.2, 0.25) is 11.8 Å². The minimum Gasteiger partial charge on any atom is -0.466 e. The van der Waals surface area contributed by atoms with Crippen molar-refractivity contribution in [2.45, 2.75) is 106 Å². The number of nitrogens with zero attached hydrogens (tertiary/aromatic N) is 1.